The number of H-pyrrole nitrogens is 1. The van der Waals surface area contributed by atoms with E-state index in [-0.39, 0.29) is 17.6 Å². The molecule has 1 saturated heterocycles. The second-order valence-electron chi connectivity index (χ2n) is 5.87. The highest BCUT2D eigenvalue weighted by atomic mass is 16.1. The Morgan fingerprint density at radius 2 is 2.21 bits per heavy atom. The van der Waals surface area contributed by atoms with Crippen molar-refractivity contribution >= 4 is 28.7 Å². The lowest BCUT2D eigenvalue weighted by Gasteiger charge is -2.32. The summed E-state index contributed by atoms with van der Waals surface area (Å²) in [4.78, 5) is 34.6. The molecule has 1 fully saturated rings. The van der Waals surface area contributed by atoms with Crippen molar-refractivity contribution < 1.29 is 4.79 Å². The van der Waals surface area contributed by atoms with Crippen molar-refractivity contribution in [2.75, 3.05) is 23.7 Å². The van der Waals surface area contributed by atoms with Gasteiger partial charge < -0.3 is 15.6 Å². The molecule has 0 amide bonds. The average Bonchev–Trinajstić information content (AvgIpc) is 3.09. The zero-order valence-corrected chi connectivity index (χ0v) is 13.0. The number of nitrogen functional groups attached to an aromatic ring is 1. The van der Waals surface area contributed by atoms with Crippen LogP contribution in [0.5, 0.6) is 0 Å². The standard InChI is InChI=1S/C16H17N7O/c17-16-21-14-12(19-9-20-14)15(22-16)23-7-3-4-10(8-23)13(24)11-5-1-2-6-18-11/h1-2,5-6,9-10H,3-4,7-8H2,(H3,17,19,20,21,22). The highest BCUT2D eigenvalue weighted by Crippen LogP contribution is 2.28. The Balaban J connectivity index is 1.63. The lowest BCUT2D eigenvalue weighted by molar-refractivity contribution is 0.0902. The monoisotopic (exact) mass is 323 g/mol. The number of fused-ring (bicyclic) bond motifs is 1. The molecule has 3 aromatic rings. The van der Waals surface area contributed by atoms with E-state index in [0.717, 1.165) is 24.9 Å². The number of rotatable bonds is 3. The van der Waals surface area contributed by atoms with E-state index in [4.69, 9.17) is 5.73 Å². The normalized spacial score (nSPS) is 18.0. The minimum Gasteiger partial charge on any atom is -0.368 e. The Morgan fingerprint density at radius 3 is 3.04 bits per heavy atom. The number of pyridine rings is 1. The number of hydrogen-bond donors (Lipinski definition) is 2. The van der Waals surface area contributed by atoms with Gasteiger partial charge in [-0.05, 0) is 25.0 Å². The van der Waals surface area contributed by atoms with E-state index in [9.17, 15) is 4.79 Å². The largest absolute Gasteiger partial charge is 0.368 e. The smallest absolute Gasteiger partial charge is 0.224 e. The molecule has 0 saturated carbocycles. The Kier molecular flexibility index (Phi) is 3.56. The van der Waals surface area contributed by atoms with Gasteiger partial charge in [-0.1, -0.05) is 6.07 Å². The third-order valence-electron chi connectivity index (χ3n) is 4.29. The molecule has 24 heavy (non-hydrogen) atoms. The number of nitrogens with zero attached hydrogens (tertiary/aromatic N) is 5. The number of nitrogens with one attached hydrogen (secondary N) is 1. The van der Waals surface area contributed by atoms with Crippen LogP contribution >= 0.6 is 0 Å². The Hall–Kier alpha value is -3.03. The summed E-state index contributed by atoms with van der Waals surface area (Å²) in [6.45, 7) is 1.40. The molecule has 1 aliphatic heterocycles. The summed E-state index contributed by atoms with van der Waals surface area (Å²) in [7, 11) is 0. The third kappa shape index (κ3) is 2.55. The molecule has 4 rings (SSSR count). The minimum atomic E-state index is -0.109. The molecule has 3 aromatic heterocycles. The van der Waals surface area contributed by atoms with Crippen LogP contribution in [-0.2, 0) is 0 Å². The minimum absolute atomic E-state index is 0.0724. The van der Waals surface area contributed by atoms with Crippen LogP contribution in [0.25, 0.3) is 11.2 Å². The van der Waals surface area contributed by atoms with Crippen LogP contribution in [0, 0.1) is 5.92 Å². The first-order chi connectivity index (χ1) is 11.7. The molecular formula is C16H17N7O. The molecule has 3 N–H and O–H groups in total. The van der Waals surface area contributed by atoms with Gasteiger partial charge in [-0.3, -0.25) is 9.78 Å². The van der Waals surface area contributed by atoms with Crippen LogP contribution in [0.4, 0.5) is 11.8 Å². The Morgan fingerprint density at radius 1 is 1.29 bits per heavy atom. The number of Topliss-reactive ketones (excluding diaryl/α,β-unsaturated/α-hetero) is 1. The van der Waals surface area contributed by atoms with Gasteiger partial charge in [0.15, 0.2) is 17.2 Å². The van der Waals surface area contributed by atoms with E-state index in [0.29, 0.717) is 23.7 Å². The molecule has 0 aliphatic carbocycles. The summed E-state index contributed by atoms with van der Waals surface area (Å²) in [6.07, 6.45) is 4.97. The number of piperidine rings is 1. The molecule has 1 atom stereocenters. The van der Waals surface area contributed by atoms with Crippen molar-refractivity contribution in [3.05, 3.63) is 36.4 Å². The van der Waals surface area contributed by atoms with Crippen molar-refractivity contribution in [3.8, 4) is 0 Å². The number of hydrogen-bond acceptors (Lipinski definition) is 7. The second-order valence-corrected chi connectivity index (χ2v) is 5.87. The summed E-state index contributed by atoms with van der Waals surface area (Å²) in [5, 5.41) is 0. The van der Waals surface area contributed by atoms with E-state index in [2.05, 4.69) is 29.8 Å². The van der Waals surface area contributed by atoms with Crippen LogP contribution in [0.15, 0.2) is 30.7 Å². The van der Waals surface area contributed by atoms with Gasteiger partial charge in [0.05, 0.1) is 6.33 Å². The lowest BCUT2D eigenvalue weighted by atomic mass is 9.92. The Labute approximate surface area is 138 Å². The van der Waals surface area contributed by atoms with E-state index in [1.54, 1.807) is 18.6 Å². The quantitative estimate of drug-likeness (QED) is 0.701. The van der Waals surface area contributed by atoms with Gasteiger partial charge in [-0.2, -0.15) is 9.97 Å². The average molecular weight is 323 g/mol. The van der Waals surface area contributed by atoms with Crippen LogP contribution in [0.1, 0.15) is 23.3 Å². The summed E-state index contributed by atoms with van der Waals surface area (Å²) in [5.74, 6) is 0.849. The first kappa shape index (κ1) is 14.6. The van der Waals surface area contributed by atoms with Crippen LogP contribution in [0.2, 0.25) is 0 Å². The number of carbonyl (C=O) groups is 1. The molecule has 0 spiro atoms. The molecule has 4 heterocycles. The SMILES string of the molecule is Nc1nc(N2CCCC(C(=O)c3ccccn3)C2)c2[nH]cnc2n1. The number of imidazole rings is 1. The first-order valence-electron chi connectivity index (χ1n) is 7.89. The molecule has 122 valence electrons. The number of carbonyl (C=O) groups excluding carboxylic acids is 1. The first-order valence-corrected chi connectivity index (χ1v) is 7.89. The van der Waals surface area contributed by atoms with Crippen molar-refractivity contribution in [1.29, 1.82) is 0 Å². The van der Waals surface area contributed by atoms with Crippen molar-refractivity contribution in [2.45, 2.75) is 12.8 Å². The molecule has 1 unspecified atom stereocenters. The van der Waals surface area contributed by atoms with Crippen molar-refractivity contribution in [3.63, 3.8) is 0 Å². The molecule has 0 aromatic carbocycles. The number of nitrogens with two attached hydrogens (primary N) is 1. The van der Waals surface area contributed by atoms with E-state index in [1.165, 1.54) is 0 Å². The fraction of sp³-hybridized carbons (Fsp3) is 0.312. The highest BCUT2D eigenvalue weighted by molar-refractivity contribution is 5.96. The maximum atomic E-state index is 12.7. The zero-order valence-electron chi connectivity index (χ0n) is 13.0. The molecule has 8 heteroatoms. The number of ketones is 1. The third-order valence-corrected chi connectivity index (χ3v) is 4.29. The second kappa shape index (κ2) is 5.88. The van der Waals surface area contributed by atoms with Gasteiger partial charge in [-0.15, -0.1) is 0 Å². The zero-order chi connectivity index (χ0) is 16.5. The maximum absolute atomic E-state index is 12.7. The van der Waals surface area contributed by atoms with Gasteiger partial charge in [0.25, 0.3) is 0 Å². The molecule has 0 radical (unpaired) electrons. The van der Waals surface area contributed by atoms with Crippen molar-refractivity contribution in [2.24, 2.45) is 5.92 Å². The molecule has 1 aliphatic rings. The van der Waals surface area contributed by atoms with Gasteiger partial charge in [0.2, 0.25) is 5.95 Å². The fourth-order valence-electron chi connectivity index (χ4n) is 3.16. The molecule has 8 nitrogen and oxygen atoms in total. The van der Waals surface area contributed by atoms with Crippen LogP contribution < -0.4 is 10.6 Å². The topological polar surface area (TPSA) is 114 Å². The summed E-state index contributed by atoms with van der Waals surface area (Å²) in [6, 6.07) is 5.40. The lowest BCUT2D eigenvalue weighted by Crippen LogP contribution is -2.39. The van der Waals surface area contributed by atoms with Crippen LogP contribution in [0.3, 0.4) is 0 Å². The molecular weight excluding hydrogens is 306 g/mol. The van der Waals surface area contributed by atoms with Gasteiger partial charge >= 0.3 is 0 Å². The predicted octanol–water partition coefficient (Wildman–Crippen LogP) is 1.43. The summed E-state index contributed by atoms with van der Waals surface area (Å²) >= 11 is 0. The van der Waals surface area contributed by atoms with E-state index in [1.807, 2.05) is 12.1 Å². The number of aromatic amines is 1. The highest BCUT2D eigenvalue weighted by Gasteiger charge is 2.29. The summed E-state index contributed by atoms with van der Waals surface area (Å²) in [5.41, 5.74) is 7.59. The van der Waals surface area contributed by atoms with E-state index >= 15 is 0 Å². The van der Waals surface area contributed by atoms with Gasteiger partial charge in [-0.25, -0.2) is 4.98 Å². The predicted molar refractivity (Wildman–Crippen MR) is 89.6 cm³/mol. The van der Waals surface area contributed by atoms with Gasteiger partial charge in [0.1, 0.15) is 11.2 Å². The summed E-state index contributed by atoms with van der Waals surface area (Å²) < 4.78 is 0. The fourth-order valence-corrected chi connectivity index (χ4v) is 3.16. The maximum Gasteiger partial charge on any atom is 0.224 e. The number of aromatic nitrogens is 5. The van der Waals surface area contributed by atoms with Crippen LogP contribution in [-0.4, -0.2) is 43.8 Å². The van der Waals surface area contributed by atoms with Crippen molar-refractivity contribution in [1.82, 2.24) is 24.9 Å². The van der Waals surface area contributed by atoms with Gasteiger partial charge in [0, 0.05) is 25.2 Å². The number of anilines is 2. The van der Waals surface area contributed by atoms with E-state index < -0.39 is 0 Å². The molecule has 0 bridgehead atoms. The Bertz CT molecular complexity index is 877.